The molecular weight excluding hydrogens is 346 g/mol. The number of anilines is 1. The summed E-state index contributed by atoms with van der Waals surface area (Å²) in [6, 6.07) is 7.81. The second-order valence-electron chi connectivity index (χ2n) is 7.25. The van der Waals surface area contributed by atoms with Crippen LogP contribution in [0.2, 0.25) is 0 Å². The maximum absolute atomic E-state index is 13.0. The predicted molar refractivity (Wildman–Crippen MR) is 99.6 cm³/mol. The Bertz CT molecular complexity index is 829. The maximum Gasteiger partial charge on any atom is 0.265 e. The Morgan fingerprint density at radius 2 is 1.96 bits per heavy atom. The molecule has 8 nitrogen and oxygen atoms in total. The molecule has 0 bridgehead atoms. The van der Waals surface area contributed by atoms with Gasteiger partial charge in [-0.2, -0.15) is 0 Å². The highest BCUT2D eigenvalue weighted by Gasteiger charge is 2.34. The van der Waals surface area contributed by atoms with Crippen molar-refractivity contribution in [3.8, 4) is 5.75 Å². The van der Waals surface area contributed by atoms with Crippen LogP contribution < -0.4 is 9.64 Å². The third-order valence-electron chi connectivity index (χ3n) is 5.57. The minimum atomic E-state index is -0.475. The number of rotatable bonds is 3. The summed E-state index contributed by atoms with van der Waals surface area (Å²) in [5.41, 5.74) is 1.02. The number of nitrogens with zero attached hydrogens (tertiary/aromatic N) is 5. The molecule has 0 radical (unpaired) electrons. The molecule has 2 aromatic rings. The molecule has 8 heteroatoms. The lowest BCUT2D eigenvalue weighted by atomic mass is 9.95. The number of benzene rings is 1. The number of amides is 1. The van der Waals surface area contributed by atoms with Gasteiger partial charge in [-0.1, -0.05) is 12.1 Å². The number of piperidine rings is 1. The molecule has 1 aromatic carbocycles. The number of carbonyl (C=O) groups is 1. The monoisotopic (exact) mass is 371 g/mol. The first kappa shape index (κ1) is 17.8. The highest BCUT2D eigenvalue weighted by molar-refractivity contribution is 5.83. The zero-order chi connectivity index (χ0) is 19.0. The normalized spacial score (nSPS) is 20.3. The SMILES string of the molecule is CN1CC(C(=O)N2CCC(c3nnc(CO)n3C)CC2)Oc2ccccc21. The molecule has 4 rings (SSSR count). The van der Waals surface area contributed by atoms with Crippen LogP contribution >= 0.6 is 0 Å². The van der Waals surface area contributed by atoms with Crippen LogP contribution in [-0.4, -0.2) is 63.5 Å². The van der Waals surface area contributed by atoms with Gasteiger partial charge in [-0.05, 0) is 25.0 Å². The smallest absolute Gasteiger partial charge is 0.265 e. The Morgan fingerprint density at radius 3 is 2.67 bits per heavy atom. The fourth-order valence-corrected chi connectivity index (χ4v) is 3.97. The molecule has 0 saturated carbocycles. The maximum atomic E-state index is 13.0. The summed E-state index contributed by atoms with van der Waals surface area (Å²) in [5, 5.41) is 17.5. The van der Waals surface area contributed by atoms with E-state index in [0.717, 1.165) is 30.1 Å². The average molecular weight is 371 g/mol. The minimum absolute atomic E-state index is 0.0452. The first-order chi connectivity index (χ1) is 13.1. The average Bonchev–Trinajstić information content (AvgIpc) is 3.08. The van der Waals surface area contributed by atoms with Crippen molar-refractivity contribution in [2.75, 3.05) is 31.6 Å². The van der Waals surface area contributed by atoms with Crippen LogP contribution in [0.3, 0.4) is 0 Å². The van der Waals surface area contributed by atoms with E-state index in [9.17, 15) is 9.90 Å². The number of likely N-dealkylation sites (N-methyl/N-ethyl adjacent to an activating group) is 1. The quantitative estimate of drug-likeness (QED) is 0.864. The standard InChI is InChI=1S/C19H25N5O3/c1-22-11-16(27-15-6-4-3-5-14(15)22)19(26)24-9-7-13(8-10-24)18-21-20-17(12-25)23(18)2/h3-6,13,16,25H,7-12H2,1-2H3. The number of hydrogen-bond acceptors (Lipinski definition) is 6. The molecule has 2 aliphatic rings. The lowest BCUT2D eigenvalue weighted by molar-refractivity contribution is -0.139. The van der Waals surface area contributed by atoms with Gasteiger partial charge in [-0.3, -0.25) is 4.79 Å². The van der Waals surface area contributed by atoms with Gasteiger partial charge in [0, 0.05) is 33.1 Å². The van der Waals surface area contributed by atoms with E-state index in [1.54, 1.807) is 0 Å². The van der Waals surface area contributed by atoms with Gasteiger partial charge in [-0.25, -0.2) is 0 Å². The van der Waals surface area contributed by atoms with Crippen LogP contribution in [-0.2, 0) is 18.4 Å². The van der Waals surface area contributed by atoms with Gasteiger partial charge >= 0.3 is 0 Å². The van der Waals surface area contributed by atoms with Crippen LogP contribution in [0.15, 0.2) is 24.3 Å². The van der Waals surface area contributed by atoms with E-state index in [1.165, 1.54) is 0 Å². The fraction of sp³-hybridized carbons (Fsp3) is 0.526. The molecule has 1 saturated heterocycles. The van der Waals surface area contributed by atoms with Crippen molar-refractivity contribution >= 4 is 11.6 Å². The minimum Gasteiger partial charge on any atom is -0.477 e. The summed E-state index contributed by atoms with van der Waals surface area (Å²) in [6.45, 7) is 1.79. The van der Waals surface area contributed by atoms with Crippen LogP contribution in [0.4, 0.5) is 5.69 Å². The molecule has 3 heterocycles. The molecule has 1 amide bonds. The van der Waals surface area contributed by atoms with E-state index >= 15 is 0 Å². The van der Waals surface area contributed by atoms with Gasteiger partial charge in [0.15, 0.2) is 11.9 Å². The molecule has 1 fully saturated rings. The largest absolute Gasteiger partial charge is 0.477 e. The molecule has 1 unspecified atom stereocenters. The van der Waals surface area contributed by atoms with Crippen molar-refractivity contribution in [3.05, 3.63) is 35.9 Å². The van der Waals surface area contributed by atoms with Crippen molar-refractivity contribution in [1.29, 1.82) is 0 Å². The van der Waals surface area contributed by atoms with E-state index in [0.29, 0.717) is 25.5 Å². The topological polar surface area (TPSA) is 83.7 Å². The van der Waals surface area contributed by atoms with Crippen molar-refractivity contribution in [1.82, 2.24) is 19.7 Å². The number of fused-ring (bicyclic) bond motifs is 1. The number of aliphatic hydroxyl groups is 1. The number of aromatic nitrogens is 3. The van der Waals surface area contributed by atoms with Gasteiger partial charge in [0.1, 0.15) is 18.2 Å². The Balaban J connectivity index is 1.40. The van der Waals surface area contributed by atoms with Crippen molar-refractivity contribution in [3.63, 3.8) is 0 Å². The van der Waals surface area contributed by atoms with Gasteiger partial charge in [0.2, 0.25) is 0 Å². The van der Waals surface area contributed by atoms with Crippen LogP contribution in [0.25, 0.3) is 0 Å². The summed E-state index contributed by atoms with van der Waals surface area (Å²) in [6.07, 6.45) is 1.20. The Kier molecular flexibility index (Phi) is 4.73. The van der Waals surface area contributed by atoms with Crippen LogP contribution in [0.5, 0.6) is 5.75 Å². The first-order valence-corrected chi connectivity index (χ1v) is 9.33. The first-order valence-electron chi connectivity index (χ1n) is 9.33. The lowest BCUT2D eigenvalue weighted by Crippen LogP contribution is -2.51. The van der Waals surface area contributed by atoms with E-state index in [2.05, 4.69) is 15.1 Å². The molecule has 144 valence electrons. The summed E-state index contributed by atoms with van der Waals surface area (Å²) >= 11 is 0. The van der Waals surface area contributed by atoms with Gasteiger partial charge in [0.25, 0.3) is 5.91 Å². The molecule has 27 heavy (non-hydrogen) atoms. The molecule has 1 atom stereocenters. The van der Waals surface area contributed by atoms with Gasteiger partial charge in [-0.15, -0.1) is 10.2 Å². The third-order valence-corrected chi connectivity index (χ3v) is 5.57. The summed E-state index contributed by atoms with van der Waals surface area (Å²) in [7, 11) is 3.86. The summed E-state index contributed by atoms with van der Waals surface area (Å²) < 4.78 is 7.84. The zero-order valence-electron chi connectivity index (χ0n) is 15.7. The lowest BCUT2D eigenvalue weighted by Gasteiger charge is -2.37. The molecule has 0 spiro atoms. The van der Waals surface area contributed by atoms with E-state index < -0.39 is 6.10 Å². The third kappa shape index (κ3) is 3.25. The Labute approximate surface area is 158 Å². The summed E-state index contributed by atoms with van der Waals surface area (Å²) in [5.74, 6) is 2.51. The second kappa shape index (κ2) is 7.19. The molecule has 1 N–H and O–H groups in total. The van der Waals surface area contributed by atoms with Crippen molar-refractivity contribution in [2.24, 2.45) is 7.05 Å². The van der Waals surface area contributed by atoms with E-state index in [4.69, 9.17) is 4.74 Å². The Morgan fingerprint density at radius 1 is 1.22 bits per heavy atom. The number of hydrogen-bond donors (Lipinski definition) is 1. The van der Waals surface area contributed by atoms with Crippen molar-refractivity contribution in [2.45, 2.75) is 31.5 Å². The van der Waals surface area contributed by atoms with Gasteiger partial charge < -0.3 is 24.2 Å². The number of ether oxygens (including phenoxy) is 1. The molecular formula is C19H25N5O3. The van der Waals surface area contributed by atoms with Gasteiger partial charge in [0.05, 0.1) is 12.2 Å². The highest BCUT2D eigenvalue weighted by atomic mass is 16.5. The second-order valence-corrected chi connectivity index (χ2v) is 7.25. The van der Waals surface area contributed by atoms with Crippen molar-refractivity contribution < 1.29 is 14.6 Å². The molecule has 2 aliphatic heterocycles. The highest BCUT2D eigenvalue weighted by Crippen LogP contribution is 2.33. The fourth-order valence-electron chi connectivity index (χ4n) is 3.97. The van der Waals surface area contributed by atoms with E-state index in [1.807, 2.05) is 47.8 Å². The number of para-hydroxylation sites is 2. The van der Waals surface area contributed by atoms with Crippen LogP contribution in [0.1, 0.15) is 30.4 Å². The Hall–Kier alpha value is -2.61. The zero-order valence-corrected chi connectivity index (χ0v) is 15.7. The van der Waals surface area contributed by atoms with E-state index in [-0.39, 0.29) is 18.4 Å². The number of carbonyl (C=O) groups excluding carboxylic acids is 1. The van der Waals surface area contributed by atoms with Crippen LogP contribution in [0, 0.1) is 0 Å². The molecule has 1 aromatic heterocycles. The molecule has 0 aliphatic carbocycles. The number of aliphatic hydroxyl groups excluding tert-OH is 1. The number of likely N-dealkylation sites (tertiary alicyclic amines) is 1. The predicted octanol–water partition coefficient (Wildman–Crippen LogP) is 0.911. The summed E-state index contributed by atoms with van der Waals surface area (Å²) in [4.78, 5) is 16.9.